The van der Waals surface area contributed by atoms with E-state index in [2.05, 4.69) is 29.2 Å². The Hall–Kier alpha value is -2.83. The Morgan fingerprint density at radius 3 is 2.77 bits per heavy atom. The highest BCUT2D eigenvalue weighted by molar-refractivity contribution is 5.91. The van der Waals surface area contributed by atoms with Crippen molar-refractivity contribution < 1.29 is 14.3 Å². The number of carbonyl (C=O) groups is 1. The highest BCUT2D eigenvalue weighted by Crippen LogP contribution is 2.28. The monoisotopic (exact) mass is 358 g/mol. The first-order valence-corrected chi connectivity index (χ1v) is 8.59. The van der Waals surface area contributed by atoms with Crippen LogP contribution in [0.2, 0.25) is 0 Å². The predicted octanol–water partition coefficient (Wildman–Crippen LogP) is 2.54. The lowest BCUT2D eigenvalue weighted by atomic mass is 10.2. The lowest BCUT2D eigenvalue weighted by molar-refractivity contribution is -0.117. The lowest BCUT2D eigenvalue weighted by Crippen LogP contribution is -2.34. The predicted molar refractivity (Wildman–Crippen MR) is 100.0 cm³/mol. The van der Waals surface area contributed by atoms with Crippen molar-refractivity contribution in [2.24, 2.45) is 5.92 Å². The van der Waals surface area contributed by atoms with Gasteiger partial charge in [-0.1, -0.05) is 19.9 Å². The molecule has 1 unspecified atom stereocenters. The molecule has 0 aliphatic carbocycles. The molecule has 0 fully saturated rings. The molecule has 0 aliphatic rings. The molecule has 26 heavy (non-hydrogen) atoms. The summed E-state index contributed by atoms with van der Waals surface area (Å²) < 4.78 is 12.8. The van der Waals surface area contributed by atoms with Crippen molar-refractivity contribution in [2.75, 3.05) is 13.7 Å². The third-order valence-corrected chi connectivity index (χ3v) is 3.50. The van der Waals surface area contributed by atoms with Gasteiger partial charge in [0.2, 0.25) is 5.91 Å². The fourth-order valence-corrected chi connectivity index (χ4v) is 2.28. The Balaban J connectivity index is 1.92. The summed E-state index contributed by atoms with van der Waals surface area (Å²) in [7, 11) is 1.60. The zero-order chi connectivity index (χ0) is 18.9. The summed E-state index contributed by atoms with van der Waals surface area (Å²) in [6, 6.07) is 5.53. The molecule has 0 aliphatic heterocycles. The van der Waals surface area contributed by atoms with E-state index < -0.39 is 0 Å². The first kappa shape index (κ1) is 19.5. The number of hydrogen-bond acceptors (Lipinski definition) is 5. The van der Waals surface area contributed by atoms with E-state index in [4.69, 9.17) is 9.47 Å². The number of methoxy groups -OCH3 is 1. The summed E-state index contributed by atoms with van der Waals surface area (Å²) in [5.74, 6) is 1.61. The summed E-state index contributed by atoms with van der Waals surface area (Å²) in [6.45, 7) is 7.28. The van der Waals surface area contributed by atoms with Gasteiger partial charge >= 0.3 is 0 Å². The maximum atomic E-state index is 12.1. The minimum Gasteiger partial charge on any atom is -0.493 e. The molecule has 1 aromatic carbocycles. The molecule has 1 heterocycles. The molecule has 0 saturated heterocycles. The van der Waals surface area contributed by atoms with E-state index in [1.807, 2.05) is 25.1 Å². The Kier molecular flexibility index (Phi) is 7.20. The third kappa shape index (κ3) is 6.23. The van der Waals surface area contributed by atoms with E-state index >= 15 is 0 Å². The van der Waals surface area contributed by atoms with Crippen molar-refractivity contribution in [2.45, 2.75) is 33.4 Å². The number of nitrogens with one attached hydrogen (secondary N) is 1. The molecule has 2 rings (SSSR count). The molecule has 0 spiro atoms. The topological polar surface area (TPSA) is 78.3 Å². The van der Waals surface area contributed by atoms with Crippen LogP contribution in [0.3, 0.4) is 0 Å². The van der Waals surface area contributed by atoms with Crippen molar-refractivity contribution in [3.8, 4) is 11.5 Å². The minimum absolute atomic E-state index is 0.0600. The van der Waals surface area contributed by atoms with Gasteiger partial charge in [0.15, 0.2) is 11.5 Å². The van der Waals surface area contributed by atoms with Crippen molar-refractivity contribution in [1.29, 1.82) is 0 Å². The largest absolute Gasteiger partial charge is 0.493 e. The van der Waals surface area contributed by atoms with Crippen molar-refractivity contribution in [3.05, 3.63) is 42.5 Å². The zero-order valence-electron chi connectivity index (χ0n) is 15.7. The SMILES string of the molecule is COc1cc(C=CC(=O)NC(C)Cn2cncn2)ccc1OCC(C)C. The molecular weight excluding hydrogens is 332 g/mol. The van der Waals surface area contributed by atoms with Crippen LogP contribution in [0.25, 0.3) is 6.08 Å². The second kappa shape index (κ2) is 9.60. The van der Waals surface area contributed by atoms with Gasteiger partial charge in [-0.15, -0.1) is 0 Å². The molecule has 0 bridgehead atoms. The first-order valence-electron chi connectivity index (χ1n) is 8.59. The van der Waals surface area contributed by atoms with Crippen LogP contribution in [0.4, 0.5) is 0 Å². The van der Waals surface area contributed by atoms with E-state index in [-0.39, 0.29) is 11.9 Å². The van der Waals surface area contributed by atoms with Gasteiger partial charge in [0.1, 0.15) is 12.7 Å². The van der Waals surface area contributed by atoms with Crippen LogP contribution in [0.1, 0.15) is 26.3 Å². The van der Waals surface area contributed by atoms with Crippen LogP contribution in [-0.2, 0) is 11.3 Å². The Bertz CT molecular complexity index is 726. The molecule has 0 saturated carbocycles. The van der Waals surface area contributed by atoms with E-state index in [0.29, 0.717) is 30.6 Å². The molecule has 2 aromatic rings. The van der Waals surface area contributed by atoms with Gasteiger partial charge in [-0.05, 0) is 36.6 Å². The fourth-order valence-electron chi connectivity index (χ4n) is 2.28. The summed E-state index contributed by atoms with van der Waals surface area (Å²) >= 11 is 0. The van der Waals surface area contributed by atoms with Gasteiger partial charge < -0.3 is 14.8 Å². The first-order chi connectivity index (χ1) is 12.5. The summed E-state index contributed by atoms with van der Waals surface area (Å²) in [6.07, 6.45) is 6.33. The van der Waals surface area contributed by atoms with E-state index in [9.17, 15) is 4.79 Å². The van der Waals surface area contributed by atoms with Gasteiger partial charge in [-0.3, -0.25) is 9.48 Å². The van der Waals surface area contributed by atoms with Crippen molar-refractivity contribution >= 4 is 12.0 Å². The van der Waals surface area contributed by atoms with Gasteiger partial charge in [-0.25, -0.2) is 4.98 Å². The van der Waals surface area contributed by atoms with Crippen molar-refractivity contribution in [3.63, 3.8) is 0 Å². The molecule has 1 aromatic heterocycles. The third-order valence-electron chi connectivity index (χ3n) is 3.50. The van der Waals surface area contributed by atoms with Crippen LogP contribution in [0, 0.1) is 5.92 Å². The minimum atomic E-state index is -0.170. The van der Waals surface area contributed by atoms with Crippen LogP contribution >= 0.6 is 0 Å². The maximum Gasteiger partial charge on any atom is 0.244 e. The maximum absolute atomic E-state index is 12.1. The number of benzene rings is 1. The second-order valence-corrected chi connectivity index (χ2v) is 6.48. The quantitative estimate of drug-likeness (QED) is 0.697. The number of amides is 1. The fraction of sp³-hybridized carbons (Fsp3) is 0.421. The highest BCUT2D eigenvalue weighted by Gasteiger charge is 2.08. The van der Waals surface area contributed by atoms with Gasteiger partial charge in [-0.2, -0.15) is 5.10 Å². The van der Waals surface area contributed by atoms with Crippen molar-refractivity contribution in [1.82, 2.24) is 20.1 Å². The molecule has 0 radical (unpaired) electrons. The molecule has 7 heteroatoms. The second-order valence-electron chi connectivity index (χ2n) is 6.48. The normalized spacial score (nSPS) is 12.3. The number of carbonyl (C=O) groups excluding carboxylic acids is 1. The lowest BCUT2D eigenvalue weighted by Gasteiger charge is -2.13. The van der Waals surface area contributed by atoms with Crippen LogP contribution in [0.15, 0.2) is 36.9 Å². The zero-order valence-corrected chi connectivity index (χ0v) is 15.7. The number of nitrogens with zero attached hydrogens (tertiary/aromatic N) is 3. The Labute approximate surface area is 154 Å². The summed E-state index contributed by atoms with van der Waals surface area (Å²) in [5, 5.41) is 6.91. The standard InChI is InChI=1S/C19H26N4O3/c1-14(2)11-26-17-7-5-16(9-18(17)25-4)6-8-19(24)22-15(3)10-23-13-20-12-21-23/h5-9,12-15H,10-11H2,1-4H3,(H,22,24). The molecule has 140 valence electrons. The highest BCUT2D eigenvalue weighted by atomic mass is 16.5. The summed E-state index contributed by atoms with van der Waals surface area (Å²) in [4.78, 5) is 15.9. The molecular formula is C19H26N4O3. The van der Waals surface area contributed by atoms with Crippen LogP contribution in [0.5, 0.6) is 11.5 Å². The molecule has 1 amide bonds. The molecule has 7 nitrogen and oxygen atoms in total. The number of hydrogen-bond donors (Lipinski definition) is 1. The summed E-state index contributed by atoms with van der Waals surface area (Å²) in [5.41, 5.74) is 0.859. The number of ether oxygens (including phenoxy) is 2. The Morgan fingerprint density at radius 1 is 1.31 bits per heavy atom. The van der Waals surface area contributed by atoms with Gasteiger partial charge in [0.25, 0.3) is 0 Å². The van der Waals surface area contributed by atoms with Crippen LogP contribution < -0.4 is 14.8 Å². The Morgan fingerprint density at radius 2 is 2.12 bits per heavy atom. The van der Waals surface area contributed by atoms with E-state index in [1.165, 1.54) is 12.4 Å². The van der Waals surface area contributed by atoms with E-state index in [0.717, 1.165) is 5.56 Å². The smallest absolute Gasteiger partial charge is 0.244 e. The van der Waals surface area contributed by atoms with Gasteiger partial charge in [0.05, 0.1) is 20.3 Å². The molecule has 1 N–H and O–H groups in total. The average molecular weight is 358 g/mol. The molecule has 1 atom stereocenters. The van der Waals surface area contributed by atoms with Crippen LogP contribution in [-0.4, -0.2) is 40.4 Å². The number of aromatic nitrogens is 3. The average Bonchev–Trinajstić information content (AvgIpc) is 3.11. The van der Waals surface area contributed by atoms with Gasteiger partial charge in [0, 0.05) is 12.1 Å². The number of rotatable bonds is 9. The van der Waals surface area contributed by atoms with E-state index in [1.54, 1.807) is 24.2 Å².